The van der Waals surface area contributed by atoms with Crippen molar-refractivity contribution in [2.45, 2.75) is 44.2 Å². The third-order valence-corrected chi connectivity index (χ3v) is 4.34. The normalized spacial score (nSPS) is 27.5. The lowest BCUT2D eigenvalue weighted by atomic mass is 9.86. The van der Waals surface area contributed by atoms with Crippen molar-refractivity contribution >= 4 is 11.9 Å². The van der Waals surface area contributed by atoms with Crippen LogP contribution in [0.2, 0.25) is 0 Å². The molecule has 1 saturated carbocycles. The molecule has 1 aliphatic carbocycles. The standard InChI is InChI=1S/C12H20N4O/c1-9(17)15-6-4-12(5-7-15)8-14-11(13)16(12)10-2-3-10/h10H,2-8H2,1H3,(H2,13,14). The van der Waals surface area contributed by atoms with Crippen molar-refractivity contribution in [3.8, 4) is 0 Å². The van der Waals surface area contributed by atoms with Gasteiger partial charge < -0.3 is 15.5 Å². The van der Waals surface area contributed by atoms with Crippen LogP contribution in [0, 0.1) is 0 Å². The van der Waals surface area contributed by atoms with E-state index >= 15 is 0 Å². The van der Waals surface area contributed by atoms with Gasteiger partial charge in [-0.05, 0) is 25.7 Å². The fraction of sp³-hybridized carbons (Fsp3) is 0.833. The molecule has 0 unspecified atom stereocenters. The predicted molar refractivity (Wildman–Crippen MR) is 65.6 cm³/mol. The average Bonchev–Trinajstić information content (AvgIpc) is 3.08. The van der Waals surface area contributed by atoms with Gasteiger partial charge in [0.15, 0.2) is 5.96 Å². The molecular formula is C12H20N4O. The molecule has 3 aliphatic rings. The molecule has 2 heterocycles. The van der Waals surface area contributed by atoms with E-state index in [1.807, 2.05) is 4.90 Å². The van der Waals surface area contributed by atoms with Crippen LogP contribution in [0.25, 0.3) is 0 Å². The Morgan fingerprint density at radius 3 is 2.59 bits per heavy atom. The van der Waals surface area contributed by atoms with Gasteiger partial charge in [-0.3, -0.25) is 9.79 Å². The maximum Gasteiger partial charge on any atom is 0.219 e. The Morgan fingerprint density at radius 2 is 2.06 bits per heavy atom. The quantitative estimate of drug-likeness (QED) is 0.705. The van der Waals surface area contributed by atoms with E-state index < -0.39 is 0 Å². The Hall–Kier alpha value is -1.26. The first-order chi connectivity index (χ1) is 8.12. The minimum Gasteiger partial charge on any atom is -0.370 e. The third-order valence-electron chi connectivity index (χ3n) is 4.34. The number of nitrogens with two attached hydrogens (primary N) is 1. The SMILES string of the molecule is CC(=O)N1CCC2(CC1)CN=C(N)N2C1CC1. The van der Waals surface area contributed by atoms with E-state index in [0.717, 1.165) is 38.4 Å². The van der Waals surface area contributed by atoms with Crippen molar-refractivity contribution in [3.63, 3.8) is 0 Å². The van der Waals surface area contributed by atoms with Crippen LogP contribution in [0.1, 0.15) is 32.6 Å². The fourth-order valence-corrected chi connectivity index (χ4v) is 3.17. The van der Waals surface area contributed by atoms with Crippen LogP contribution in [0.15, 0.2) is 4.99 Å². The summed E-state index contributed by atoms with van der Waals surface area (Å²) in [5.41, 5.74) is 6.14. The number of carbonyl (C=O) groups excluding carboxylic acids is 1. The molecule has 1 saturated heterocycles. The zero-order valence-corrected chi connectivity index (χ0v) is 10.4. The molecule has 0 aromatic rings. The van der Waals surface area contributed by atoms with Crippen LogP contribution in [0.3, 0.4) is 0 Å². The second-order valence-electron chi connectivity index (χ2n) is 5.51. The number of hydrogen-bond acceptors (Lipinski definition) is 4. The van der Waals surface area contributed by atoms with E-state index in [1.54, 1.807) is 6.92 Å². The van der Waals surface area contributed by atoms with Gasteiger partial charge in [0.05, 0.1) is 12.1 Å². The van der Waals surface area contributed by atoms with E-state index in [4.69, 9.17) is 5.73 Å². The molecule has 94 valence electrons. The molecule has 5 heteroatoms. The Kier molecular flexibility index (Phi) is 2.31. The second-order valence-corrected chi connectivity index (χ2v) is 5.51. The first kappa shape index (κ1) is 10.9. The second kappa shape index (κ2) is 3.62. The van der Waals surface area contributed by atoms with Gasteiger partial charge in [-0.2, -0.15) is 0 Å². The van der Waals surface area contributed by atoms with Gasteiger partial charge in [0, 0.05) is 26.1 Å². The highest BCUT2D eigenvalue weighted by atomic mass is 16.2. The van der Waals surface area contributed by atoms with Crippen LogP contribution in [-0.2, 0) is 4.79 Å². The fourth-order valence-electron chi connectivity index (χ4n) is 3.17. The summed E-state index contributed by atoms with van der Waals surface area (Å²) in [6.07, 6.45) is 4.50. The summed E-state index contributed by atoms with van der Waals surface area (Å²) in [5.74, 6) is 0.911. The van der Waals surface area contributed by atoms with Gasteiger partial charge in [0.1, 0.15) is 0 Å². The van der Waals surface area contributed by atoms with Gasteiger partial charge in [-0.1, -0.05) is 0 Å². The zero-order chi connectivity index (χ0) is 12.0. The third kappa shape index (κ3) is 1.68. The molecule has 0 aromatic carbocycles. The van der Waals surface area contributed by atoms with E-state index in [0.29, 0.717) is 6.04 Å². The largest absolute Gasteiger partial charge is 0.370 e. The predicted octanol–water partition coefficient (Wildman–Crippen LogP) is 0.160. The van der Waals surface area contributed by atoms with Crippen LogP contribution in [-0.4, -0.2) is 52.9 Å². The van der Waals surface area contributed by atoms with E-state index in [-0.39, 0.29) is 11.4 Å². The molecule has 0 radical (unpaired) electrons. The van der Waals surface area contributed by atoms with Crippen molar-refractivity contribution in [1.29, 1.82) is 0 Å². The number of guanidine groups is 1. The molecule has 0 atom stereocenters. The number of rotatable bonds is 1. The maximum atomic E-state index is 11.4. The van der Waals surface area contributed by atoms with Crippen molar-refractivity contribution < 1.29 is 4.79 Å². The van der Waals surface area contributed by atoms with E-state index in [9.17, 15) is 4.79 Å². The van der Waals surface area contributed by atoms with Gasteiger partial charge in [-0.25, -0.2) is 0 Å². The average molecular weight is 236 g/mol. The Bertz CT molecular complexity index is 367. The molecular weight excluding hydrogens is 216 g/mol. The maximum absolute atomic E-state index is 11.4. The molecule has 2 aliphatic heterocycles. The Morgan fingerprint density at radius 1 is 1.41 bits per heavy atom. The first-order valence-electron chi connectivity index (χ1n) is 6.47. The lowest BCUT2D eigenvalue weighted by molar-refractivity contribution is -0.131. The number of amides is 1. The minimum absolute atomic E-state index is 0.122. The highest BCUT2D eigenvalue weighted by Crippen LogP contribution is 2.41. The highest BCUT2D eigenvalue weighted by molar-refractivity contribution is 5.82. The topological polar surface area (TPSA) is 61.9 Å². The Balaban J connectivity index is 1.73. The van der Waals surface area contributed by atoms with Crippen LogP contribution >= 0.6 is 0 Å². The van der Waals surface area contributed by atoms with Crippen molar-refractivity contribution in [1.82, 2.24) is 9.80 Å². The molecule has 2 N–H and O–H groups in total. The zero-order valence-electron chi connectivity index (χ0n) is 10.4. The van der Waals surface area contributed by atoms with Gasteiger partial charge in [0.2, 0.25) is 5.91 Å². The number of piperidine rings is 1. The van der Waals surface area contributed by atoms with Gasteiger partial charge >= 0.3 is 0 Å². The van der Waals surface area contributed by atoms with E-state index in [1.165, 1.54) is 12.8 Å². The number of nitrogens with zero attached hydrogens (tertiary/aromatic N) is 3. The summed E-state index contributed by atoms with van der Waals surface area (Å²) in [6.45, 7) is 4.17. The van der Waals surface area contributed by atoms with E-state index in [2.05, 4.69) is 9.89 Å². The molecule has 2 fully saturated rings. The van der Waals surface area contributed by atoms with Crippen LogP contribution in [0.5, 0.6) is 0 Å². The Labute approximate surface area is 102 Å². The number of hydrogen-bond donors (Lipinski definition) is 1. The van der Waals surface area contributed by atoms with Crippen molar-refractivity contribution in [2.75, 3.05) is 19.6 Å². The molecule has 1 spiro atoms. The summed E-state index contributed by atoms with van der Waals surface area (Å²) in [6, 6.07) is 0.616. The van der Waals surface area contributed by atoms with Gasteiger partial charge in [-0.15, -0.1) is 0 Å². The van der Waals surface area contributed by atoms with Crippen molar-refractivity contribution in [2.24, 2.45) is 10.7 Å². The summed E-state index contributed by atoms with van der Waals surface area (Å²) in [5, 5.41) is 0. The minimum atomic E-state index is 0.122. The summed E-state index contributed by atoms with van der Waals surface area (Å²) in [4.78, 5) is 20.1. The van der Waals surface area contributed by atoms with Crippen LogP contribution in [0.4, 0.5) is 0 Å². The van der Waals surface area contributed by atoms with Gasteiger partial charge in [0.25, 0.3) is 0 Å². The lowest BCUT2D eigenvalue weighted by Gasteiger charge is -2.45. The molecule has 0 bridgehead atoms. The lowest BCUT2D eigenvalue weighted by Crippen LogP contribution is -2.58. The number of aliphatic imine (C=N–C) groups is 1. The molecule has 3 rings (SSSR count). The summed E-state index contributed by atoms with van der Waals surface area (Å²) >= 11 is 0. The molecule has 17 heavy (non-hydrogen) atoms. The smallest absolute Gasteiger partial charge is 0.219 e. The molecule has 1 amide bonds. The highest BCUT2D eigenvalue weighted by Gasteiger charge is 2.50. The molecule has 5 nitrogen and oxygen atoms in total. The first-order valence-corrected chi connectivity index (χ1v) is 6.47. The number of likely N-dealkylation sites (tertiary alicyclic amines) is 1. The van der Waals surface area contributed by atoms with Crippen molar-refractivity contribution in [3.05, 3.63) is 0 Å². The monoisotopic (exact) mass is 236 g/mol. The number of carbonyl (C=O) groups is 1. The molecule has 0 aromatic heterocycles. The summed E-state index contributed by atoms with van der Waals surface area (Å²) < 4.78 is 0. The summed E-state index contributed by atoms with van der Waals surface area (Å²) in [7, 11) is 0. The van der Waals surface area contributed by atoms with Crippen LogP contribution < -0.4 is 5.73 Å².